The van der Waals surface area contributed by atoms with Crippen LogP contribution in [0.3, 0.4) is 0 Å². The van der Waals surface area contributed by atoms with Crippen LogP contribution in [0.1, 0.15) is 61.6 Å². The van der Waals surface area contributed by atoms with Gasteiger partial charge >= 0.3 is 0 Å². The van der Waals surface area contributed by atoms with Gasteiger partial charge in [-0.25, -0.2) is 0 Å². The number of aromatic nitrogens is 2. The summed E-state index contributed by atoms with van der Waals surface area (Å²) in [6.45, 7) is 0. The van der Waals surface area contributed by atoms with Crippen molar-refractivity contribution in [1.29, 1.82) is 0 Å². The third kappa shape index (κ3) is 12.7. The van der Waals surface area contributed by atoms with Crippen LogP contribution in [-0.4, -0.2) is 9.13 Å². The molecule has 0 saturated heterocycles. The van der Waals surface area contributed by atoms with Crippen LogP contribution in [0, 0.1) is 0 Å². The maximum Gasteiger partial charge on any atom is 0.159 e. The molecule has 4 heteroatoms. The Morgan fingerprint density at radius 3 is 1.38 bits per heavy atom. The number of furan rings is 2. The summed E-state index contributed by atoms with van der Waals surface area (Å²) in [4.78, 5) is 0. The fraction of sp³-hybridized carbons (Fsp3) is 0.0152. The summed E-state index contributed by atoms with van der Waals surface area (Å²) in [6.07, 6.45) is 2.42. The van der Waals surface area contributed by atoms with Gasteiger partial charge in [0, 0.05) is 43.6 Å². The summed E-state index contributed by atoms with van der Waals surface area (Å²) in [5.74, 6) is -0.0560. The lowest BCUT2D eigenvalue weighted by molar-refractivity contribution is 0.666. The number of fused-ring (bicyclic) bond motifs is 17. The Kier molecular flexibility index (Phi) is 18.3. The van der Waals surface area contributed by atoms with Gasteiger partial charge in [0.15, 0.2) is 5.58 Å². The lowest BCUT2D eigenvalue weighted by Crippen LogP contribution is -2.28. The molecule has 22 aromatic carbocycles. The molecule has 0 spiro atoms. The Labute approximate surface area is 786 Å². The normalized spacial score (nSPS) is 12.8. The van der Waals surface area contributed by atoms with Gasteiger partial charge in [-0.15, -0.1) is 0 Å². The van der Waals surface area contributed by atoms with Crippen LogP contribution in [0.2, 0.25) is 0 Å². The van der Waals surface area contributed by atoms with Crippen molar-refractivity contribution in [3.05, 3.63) is 553 Å². The molecular formula is C132H84N2O2. The Bertz CT molecular complexity index is 9290. The smallest absolute Gasteiger partial charge is 0.159 e. The predicted molar refractivity (Wildman–Crippen MR) is 568 cm³/mol. The second-order valence-electron chi connectivity index (χ2n) is 36.4. The Hall–Kier alpha value is -17.7. The summed E-state index contributed by atoms with van der Waals surface area (Å²) in [6, 6.07) is 184. The van der Waals surface area contributed by atoms with E-state index < -0.39 is 5.41 Å². The molecule has 1 unspecified atom stereocenters. The number of para-hydroxylation sites is 4. The molecule has 1 aliphatic carbocycles. The fourth-order valence-electron chi connectivity index (χ4n) is 22.7. The molecule has 0 bridgehead atoms. The maximum atomic E-state index is 7.00. The van der Waals surface area contributed by atoms with E-state index in [4.69, 9.17) is 8.83 Å². The van der Waals surface area contributed by atoms with E-state index in [1.54, 1.807) is 0 Å². The molecular weight excluding hydrogens is 1650 g/mol. The van der Waals surface area contributed by atoms with Crippen LogP contribution in [0.15, 0.2) is 506 Å². The van der Waals surface area contributed by atoms with Crippen LogP contribution in [0.25, 0.3) is 210 Å². The van der Waals surface area contributed by atoms with Gasteiger partial charge in [-0.05, 0) is 246 Å². The maximum absolute atomic E-state index is 7.00. The molecule has 0 N–H and O–H groups in total. The SMILES string of the molecule is C(=C(c1cccc(-c2ccc(-c3ccc4c5ccccc5n(-c5cccc6oc7cc(-c8cccc(-c9ccc(C(c%10cccc(-c%11ccc(-c%12ccc%13c%14ccccc%14n(-c%14cccc%15c%14oc%14ccccc%14%15)c%13c%12)cc%11)c%10)c%10cccc%11ccccc%10%11)cc9)c8)ccc7c56)c4c3)cc2)c1)c1cccc2ccccc12)c1ccc2c(c1)C(c1ccccc1)(c1ccccc1)c1ccccc1-2. The first-order chi connectivity index (χ1) is 67.4. The van der Waals surface area contributed by atoms with Crippen molar-refractivity contribution >= 4 is 121 Å². The molecule has 0 saturated carbocycles. The summed E-state index contributed by atoms with van der Waals surface area (Å²) in [5.41, 5.74) is 39.2. The number of hydrogen-bond acceptors (Lipinski definition) is 2. The van der Waals surface area contributed by atoms with E-state index in [2.05, 4.69) is 507 Å². The van der Waals surface area contributed by atoms with Gasteiger partial charge in [-0.3, -0.25) is 0 Å². The van der Waals surface area contributed by atoms with E-state index >= 15 is 0 Å². The molecule has 0 radical (unpaired) electrons. The van der Waals surface area contributed by atoms with Crippen LogP contribution >= 0.6 is 0 Å². The molecule has 26 aromatic rings. The first-order valence-electron chi connectivity index (χ1n) is 47.0. The lowest BCUT2D eigenvalue weighted by Gasteiger charge is -2.34. The monoisotopic (exact) mass is 1730 g/mol. The van der Waals surface area contributed by atoms with Gasteiger partial charge in [0.1, 0.15) is 16.7 Å². The average Bonchev–Trinajstić information content (AvgIpc) is 1.36. The van der Waals surface area contributed by atoms with Crippen molar-refractivity contribution in [3.63, 3.8) is 0 Å². The van der Waals surface area contributed by atoms with Crippen LogP contribution in [-0.2, 0) is 5.41 Å². The summed E-state index contributed by atoms with van der Waals surface area (Å²) in [7, 11) is 0. The molecule has 0 amide bonds. The van der Waals surface area contributed by atoms with Crippen LogP contribution in [0.5, 0.6) is 0 Å². The molecule has 634 valence electrons. The van der Waals surface area contributed by atoms with E-state index in [9.17, 15) is 0 Å². The Morgan fingerprint density at radius 2 is 0.699 bits per heavy atom. The molecule has 1 aliphatic rings. The van der Waals surface area contributed by atoms with E-state index in [0.29, 0.717) is 0 Å². The van der Waals surface area contributed by atoms with Gasteiger partial charge < -0.3 is 18.0 Å². The quantitative estimate of drug-likeness (QED) is 0.0714. The van der Waals surface area contributed by atoms with Gasteiger partial charge in [0.05, 0.1) is 44.2 Å². The minimum absolute atomic E-state index is 0.0560. The van der Waals surface area contributed by atoms with Crippen molar-refractivity contribution in [2.45, 2.75) is 11.3 Å². The number of nitrogens with zero attached hydrogens (tertiary/aromatic N) is 2. The molecule has 27 rings (SSSR count). The van der Waals surface area contributed by atoms with Gasteiger partial charge in [0.25, 0.3) is 0 Å². The number of rotatable bonds is 16. The standard InChI is InChI=1S/C132H84N2O2/c1-3-36-102(37-4-1)132(103-38-5-2-6-39-103)118-49-15-11-42-107(118)108-72-56-84(77-119(108)132)76-117(106-46-22-28-90-26-7-9-40-104(90)106)100-34-20-31-94(79-100)85-57-61-88(62-58-85)97-69-73-111-109-43-12-16-50-120(109)133(124(111)81-97)122-52-25-55-127-130(122)116-75-71-99(83-128(116)135-127)96-33-19-30-93(78-96)87-65-67-92(68-66-87)129(114-47-23-29-91-27-8-10-41-105(91)114)101-35-21-32-95(80-101)86-59-63-89(64-60-86)98-70-74-112-110-44-13-17-51-121(110)134(125(112)82-98)123-53-24-48-115-113-45-14-18-54-126(113)136-131(115)123/h1-83,129H. The average molecular weight is 1730 g/mol. The third-order valence-electron chi connectivity index (χ3n) is 29.0. The van der Waals surface area contributed by atoms with Gasteiger partial charge in [-0.2, -0.15) is 0 Å². The highest BCUT2D eigenvalue weighted by molar-refractivity contribution is 6.17. The Morgan fingerprint density at radius 1 is 0.243 bits per heavy atom. The Balaban J connectivity index is 0.484. The fourth-order valence-corrected chi connectivity index (χ4v) is 22.7. The zero-order valence-corrected chi connectivity index (χ0v) is 74.2. The van der Waals surface area contributed by atoms with E-state index in [1.165, 1.54) is 104 Å². The molecule has 4 aromatic heterocycles. The van der Waals surface area contributed by atoms with Crippen LogP contribution in [0.4, 0.5) is 0 Å². The van der Waals surface area contributed by atoms with Crippen LogP contribution < -0.4 is 0 Å². The zero-order chi connectivity index (χ0) is 89.5. The first kappa shape index (κ1) is 78.2. The molecule has 0 aliphatic heterocycles. The third-order valence-corrected chi connectivity index (χ3v) is 29.0. The second-order valence-corrected chi connectivity index (χ2v) is 36.4. The highest BCUT2D eigenvalue weighted by Crippen LogP contribution is 2.57. The highest BCUT2D eigenvalue weighted by Gasteiger charge is 2.46. The first-order valence-corrected chi connectivity index (χ1v) is 47.0. The van der Waals surface area contributed by atoms with Crippen molar-refractivity contribution < 1.29 is 8.83 Å². The second kappa shape index (κ2) is 31.8. The van der Waals surface area contributed by atoms with E-state index in [1.807, 2.05) is 6.07 Å². The molecule has 4 nitrogen and oxygen atoms in total. The largest absolute Gasteiger partial charge is 0.456 e. The molecule has 1 atom stereocenters. The van der Waals surface area contributed by atoms with Crippen molar-refractivity contribution in [2.24, 2.45) is 0 Å². The predicted octanol–water partition coefficient (Wildman–Crippen LogP) is 35.1. The summed E-state index contributed by atoms with van der Waals surface area (Å²) in [5, 5.41) is 14.1. The van der Waals surface area contributed by atoms with E-state index in [0.717, 1.165) is 155 Å². The molecule has 4 heterocycles. The minimum Gasteiger partial charge on any atom is -0.456 e. The topological polar surface area (TPSA) is 36.1 Å². The van der Waals surface area contributed by atoms with Gasteiger partial charge in [0.2, 0.25) is 0 Å². The zero-order valence-electron chi connectivity index (χ0n) is 74.2. The highest BCUT2D eigenvalue weighted by atomic mass is 16.3. The minimum atomic E-state index is -0.519. The summed E-state index contributed by atoms with van der Waals surface area (Å²) >= 11 is 0. The van der Waals surface area contributed by atoms with Crippen molar-refractivity contribution in [2.75, 3.05) is 0 Å². The number of benzene rings is 22. The summed E-state index contributed by atoms with van der Waals surface area (Å²) < 4.78 is 18.5. The van der Waals surface area contributed by atoms with Crippen molar-refractivity contribution in [3.8, 4) is 89.3 Å². The van der Waals surface area contributed by atoms with E-state index in [-0.39, 0.29) is 5.92 Å². The molecule has 0 fully saturated rings. The lowest BCUT2D eigenvalue weighted by atomic mass is 9.67. The van der Waals surface area contributed by atoms with Gasteiger partial charge in [-0.1, -0.05) is 419 Å². The number of hydrogen-bond donors (Lipinski definition) is 0. The van der Waals surface area contributed by atoms with Crippen molar-refractivity contribution in [1.82, 2.24) is 9.13 Å². The molecule has 136 heavy (non-hydrogen) atoms.